The minimum atomic E-state index is -4.62. The van der Waals surface area contributed by atoms with Gasteiger partial charge in [0.1, 0.15) is 0 Å². The van der Waals surface area contributed by atoms with Crippen molar-refractivity contribution < 1.29 is 22.7 Å². The molecule has 0 aliphatic heterocycles. The summed E-state index contributed by atoms with van der Waals surface area (Å²) in [6.07, 6.45) is -1.47. The lowest BCUT2D eigenvalue weighted by Crippen LogP contribution is -2.13. The zero-order chi connectivity index (χ0) is 19.4. The number of hydrogen-bond acceptors (Lipinski definition) is 5. The maximum atomic E-state index is 13.4. The van der Waals surface area contributed by atoms with Crippen molar-refractivity contribution in [2.45, 2.75) is 13.1 Å². The van der Waals surface area contributed by atoms with Crippen LogP contribution in [0.15, 0.2) is 41.8 Å². The van der Waals surface area contributed by atoms with Crippen molar-refractivity contribution >= 4 is 29.5 Å². The molecule has 3 rings (SSSR count). The van der Waals surface area contributed by atoms with Crippen molar-refractivity contribution in [3.05, 3.63) is 64.4 Å². The Balaban J connectivity index is 1.96. The standard InChI is InChI=1S/C18H14F3N3O2S/c1-2-26-16(25)14-11-27-17(22-14)24-15(18(19,20)21)10-13(23-24)9-8-12-6-4-3-5-7-12/h3-11H,2H2,1H3/b9-8+. The van der Waals surface area contributed by atoms with Crippen LogP contribution in [0, 0.1) is 0 Å². The first kappa shape index (κ1) is 18.8. The van der Waals surface area contributed by atoms with E-state index in [1.54, 1.807) is 13.0 Å². The summed E-state index contributed by atoms with van der Waals surface area (Å²) in [6.45, 7) is 1.78. The third-order valence-corrected chi connectivity index (χ3v) is 4.24. The van der Waals surface area contributed by atoms with Gasteiger partial charge in [-0.3, -0.25) is 0 Å². The summed E-state index contributed by atoms with van der Waals surface area (Å²) in [4.78, 5) is 15.6. The normalized spacial score (nSPS) is 11.9. The second-order valence-electron chi connectivity index (χ2n) is 5.34. The molecular weight excluding hydrogens is 379 g/mol. The largest absolute Gasteiger partial charge is 0.461 e. The second-order valence-corrected chi connectivity index (χ2v) is 6.18. The van der Waals surface area contributed by atoms with Gasteiger partial charge in [-0.15, -0.1) is 11.3 Å². The van der Waals surface area contributed by atoms with Gasteiger partial charge in [0.25, 0.3) is 0 Å². The van der Waals surface area contributed by atoms with Crippen molar-refractivity contribution in [1.82, 2.24) is 14.8 Å². The first-order valence-electron chi connectivity index (χ1n) is 7.92. The fourth-order valence-corrected chi connectivity index (χ4v) is 2.99. The molecule has 1 aromatic carbocycles. The Morgan fingerprint density at radius 1 is 1.26 bits per heavy atom. The van der Waals surface area contributed by atoms with E-state index in [0.717, 1.165) is 23.0 Å². The number of alkyl halides is 3. The predicted molar refractivity (Wildman–Crippen MR) is 95.6 cm³/mol. The summed E-state index contributed by atoms with van der Waals surface area (Å²) < 4.78 is 45.7. The molecule has 0 fully saturated rings. The number of hydrogen-bond donors (Lipinski definition) is 0. The first-order valence-corrected chi connectivity index (χ1v) is 8.80. The smallest absolute Gasteiger partial charge is 0.433 e. The average molecular weight is 393 g/mol. The number of thiazole rings is 1. The highest BCUT2D eigenvalue weighted by Crippen LogP contribution is 2.32. The average Bonchev–Trinajstić information content (AvgIpc) is 3.28. The summed E-state index contributed by atoms with van der Waals surface area (Å²) >= 11 is 0.879. The first-order chi connectivity index (χ1) is 12.9. The highest BCUT2D eigenvalue weighted by Gasteiger charge is 2.37. The minimum Gasteiger partial charge on any atom is -0.461 e. The molecule has 2 heterocycles. The third-order valence-electron chi connectivity index (χ3n) is 3.42. The van der Waals surface area contributed by atoms with Gasteiger partial charge in [-0.05, 0) is 24.6 Å². The predicted octanol–water partition coefficient (Wildman–Crippen LogP) is 4.69. The quantitative estimate of drug-likeness (QED) is 0.590. The van der Waals surface area contributed by atoms with E-state index < -0.39 is 17.8 Å². The lowest BCUT2D eigenvalue weighted by atomic mass is 10.2. The summed E-state index contributed by atoms with van der Waals surface area (Å²) in [5.74, 6) is -0.690. The molecule has 0 unspecified atom stereocenters. The van der Waals surface area contributed by atoms with E-state index >= 15 is 0 Å². The fourth-order valence-electron chi connectivity index (χ4n) is 2.23. The third kappa shape index (κ3) is 4.43. The highest BCUT2D eigenvalue weighted by atomic mass is 32.1. The molecular formula is C18H14F3N3O2S. The molecule has 0 saturated carbocycles. The van der Waals surface area contributed by atoms with Gasteiger partial charge >= 0.3 is 12.1 Å². The zero-order valence-electron chi connectivity index (χ0n) is 14.1. The van der Waals surface area contributed by atoms with Crippen LogP contribution in [0.1, 0.15) is 34.4 Å². The lowest BCUT2D eigenvalue weighted by Gasteiger charge is -2.06. The molecule has 0 bridgehead atoms. The second kappa shape index (κ2) is 7.75. The Bertz CT molecular complexity index is 962. The number of carbonyl (C=O) groups excluding carboxylic acids is 1. The molecule has 0 N–H and O–H groups in total. The Morgan fingerprint density at radius 2 is 2.00 bits per heavy atom. The maximum absolute atomic E-state index is 13.4. The molecule has 9 heteroatoms. The molecule has 5 nitrogen and oxygen atoms in total. The SMILES string of the molecule is CCOC(=O)c1csc(-n2nc(/C=C/c3ccccc3)cc2C(F)(F)F)n1. The van der Waals surface area contributed by atoms with Gasteiger partial charge in [-0.25, -0.2) is 14.5 Å². The molecule has 140 valence electrons. The number of rotatable bonds is 5. The van der Waals surface area contributed by atoms with Gasteiger partial charge in [0.15, 0.2) is 11.4 Å². The van der Waals surface area contributed by atoms with Gasteiger partial charge in [0.05, 0.1) is 12.3 Å². The Hall–Kier alpha value is -2.94. The highest BCUT2D eigenvalue weighted by molar-refractivity contribution is 7.12. The van der Waals surface area contributed by atoms with E-state index in [-0.39, 0.29) is 23.1 Å². The lowest BCUT2D eigenvalue weighted by molar-refractivity contribution is -0.142. The minimum absolute atomic E-state index is 0.0538. The van der Waals surface area contributed by atoms with Gasteiger partial charge < -0.3 is 4.74 Å². The van der Waals surface area contributed by atoms with Crippen LogP contribution in [0.3, 0.4) is 0 Å². The summed E-state index contributed by atoms with van der Waals surface area (Å²) in [6, 6.07) is 10.1. The fraction of sp³-hybridized carbons (Fsp3) is 0.167. The number of aromatic nitrogens is 3. The van der Waals surface area contributed by atoms with Crippen LogP contribution < -0.4 is 0 Å². The van der Waals surface area contributed by atoms with Crippen LogP contribution in [0.2, 0.25) is 0 Å². The molecule has 27 heavy (non-hydrogen) atoms. The van der Waals surface area contributed by atoms with E-state index in [4.69, 9.17) is 4.74 Å². The number of halogens is 3. The molecule has 2 aromatic heterocycles. The Kier molecular flexibility index (Phi) is 5.41. The Morgan fingerprint density at radius 3 is 2.67 bits per heavy atom. The van der Waals surface area contributed by atoms with Crippen molar-refractivity contribution in [1.29, 1.82) is 0 Å². The van der Waals surface area contributed by atoms with E-state index in [9.17, 15) is 18.0 Å². The zero-order valence-corrected chi connectivity index (χ0v) is 14.9. The molecule has 0 spiro atoms. The molecule has 0 aliphatic carbocycles. The van der Waals surface area contributed by atoms with Crippen LogP contribution in [0.25, 0.3) is 17.3 Å². The van der Waals surface area contributed by atoms with Gasteiger partial charge in [0.2, 0.25) is 5.13 Å². The van der Waals surface area contributed by atoms with E-state index in [1.807, 2.05) is 30.3 Å². The summed E-state index contributed by atoms with van der Waals surface area (Å²) in [5.41, 5.74) is -0.0691. The van der Waals surface area contributed by atoms with Gasteiger partial charge in [0, 0.05) is 5.38 Å². The van der Waals surface area contributed by atoms with Crippen LogP contribution in [0.5, 0.6) is 0 Å². The van der Waals surface area contributed by atoms with Crippen molar-refractivity contribution in [2.24, 2.45) is 0 Å². The molecule has 0 aliphatic rings. The molecule has 0 amide bonds. The number of nitrogens with zero attached hydrogens (tertiary/aromatic N) is 3. The van der Waals surface area contributed by atoms with E-state index in [2.05, 4.69) is 10.1 Å². The number of esters is 1. The van der Waals surface area contributed by atoms with Crippen molar-refractivity contribution in [2.75, 3.05) is 6.61 Å². The van der Waals surface area contributed by atoms with E-state index in [1.165, 1.54) is 11.5 Å². The van der Waals surface area contributed by atoms with Crippen LogP contribution in [-0.4, -0.2) is 27.3 Å². The Labute approximate surface area is 156 Å². The number of ether oxygens (including phenoxy) is 1. The number of carbonyl (C=O) groups is 1. The molecule has 0 atom stereocenters. The van der Waals surface area contributed by atoms with Crippen LogP contribution in [-0.2, 0) is 10.9 Å². The van der Waals surface area contributed by atoms with Crippen molar-refractivity contribution in [3.8, 4) is 5.13 Å². The maximum Gasteiger partial charge on any atom is 0.433 e. The van der Waals surface area contributed by atoms with Gasteiger partial charge in [-0.2, -0.15) is 18.3 Å². The monoisotopic (exact) mass is 393 g/mol. The number of benzene rings is 1. The molecule has 3 aromatic rings. The topological polar surface area (TPSA) is 57.0 Å². The van der Waals surface area contributed by atoms with Crippen LogP contribution in [0.4, 0.5) is 13.2 Å². The molecule has 0 saturated heterocycles. The van der Waals surface area contributed by atoms with Crippen LogP contribution >= 0.6 is 11.3 Å². The van der Waals surface area contributed by atoms with Crippen molar-refractivity contribution in [3.63, 3.8) is 0 Å². The summed E-state index contributed by atoms with van der Waals surface area (Å²) in [7, 11) is 0. The van der Waals surface area contributed by atoms with Gasteiger partial charge in [-0.1, -0.05) is 36.4 Å². The van der Waals surface area contributed by atoms with E-state index in [0.29, 0.717) is 4.68 Å². The molecule has 0 radical (unpaired) electrons. The summed E-state index contributed by atoms with van der Waals surface area (Å²) in [5, 5.41) is 5.26.